The molecule has 3 heteroatoms. The highest BCUT2D eigenvalue weighted by Crippen LogP contribution is 2.28. The predicted octanol–water partition coefficient (Wildman–Crippen LogP) is 3.21. The average molecular weight is 276 g/mol. The zero-order chi connectivity index (χ0) is 14.4. The number of likely N-dealkylation sites (tertiary alicyclic amines) is 1. The van der Waals surface area contributed by atoms with Gasteiger partial charge in [-0.1, -0.05) is 25.5 Å². The van der Waals surface area contributed by atoms with E-state index in [9.17, 15) is 0 Å². The highest BCUT2D eigenvalue weighted by Gasteiger charge is 2.24. The first-order chi connectivity index (χ1) is 9.78. The van der Waals surface area contributed by atoms with E-state index in [1.807, 2.05) is 6.92 Å². The van der Waals surface area contributed by atoms with Gasteiger partial charge in [-0.15, -0.1) is 0 Å². The van der Waals surface area contributed by atoms with Crippen LogP contribution in [0.5, 0.6) is 5.75 Å². The summed E-state index contributed by atoms with van der Waals surface area (Å²) in [6.07, 6.45) is 3.93. The third-order valence-corrected chi connectivity index (χ3v) is 4.47. The first-order valence-corrected chi connectivity index (χ1v) is 7.95. The summed E-state index contributed by atoms with van der Waals surface area (Å²) in [7, 11) is 0. The largest absolute Gasteiger partial charge is 0.494 e. The second-order valence-electron chi connectivity index (χ2n) is 5.64. The van der Waals surface area contributed by atoms with Gasteiger partial charge in [-0.25, -0.2) is 0 Å². The van der Waals surface area contributed by atoms with Gasteiger partial charge in [-0.2, -0.15) is 0 Å². The van der Waals surface area contributed by atoms with Crippen molar-refractivity contribution in [3.05, 3.63) is 29.8 Å². The number of benzene rings is 1. The predicted molar refractivity (Wildman–Crippen MR) is 84.0 cm³/mol. The van der Waals surface area contributed by atoms with Crippen molar-refractivity contribution in [1.29, 1.82) is 0 Å². The quantitative estimate of drug-likeness (QED) is 0.867. The van der Waals surface area contributed by atoms with Crippen molar-refractivity contribution >= 4 is 0 Å². The normalized spacial score (nSPS) is 18.9. The van der Waals surface area contributed by atoms with E-state index < -0.39 is 0 Å². The van der Waals surface area contributed by atoms with E-state index in [1.165, 1.54) is 37.9 Å². The zero-order valence-corrected chi connectivity index (χ0v) is 12.8. The van der Waals surface area contributed by atoms with Gasteiger partial charge in [0.1, 0.15) is 5.75 Å². The van der Waals surface area contributed by atoms with Crippen LogP contribution in [0.4, 0.5) is 0 Å². The Morgan fingerprint density at radius 2 is 1.85 bits per heavy atom. The minimum absolute atomic E-state index is 0.350. The third-order valence-electron chi connectivity index (χ3n) is 4.47. The molecule has 1 aliphatic heterocycles. The SMILES string of the molecule is CCOc1ccc(C(CN)N2CCC(CC)CC2)cc1. The molecular weight excluding hydrogens is 248 g/mol. The summed E-state index contributed by atoms with van der Waals surface area (Å²) in [4.78, 5) is 2.54. The second kappa shape index (κ2) is 7.65. The molecule has 0 bridgehead atoms. The number of nitrogens with two attached hydrogens (primary N) is 1. The molecule has 0 saturated carbocycles. The average Bonchev–Trinajstić information content (AvgIpc) is 2.51. The van der Waals surface area contributed by atoms with Crippen LogP contribution in [0.25, 0.3) is 0 Å². The van der Waals surface area contributed by atoms with Gasteiger partial charge >= 0.3 is 0 Å². The van der Waals surface area contributed by atoms with Crippen LogP contribution in [0.15, 0.2) is 24.3 Å². The summed E-state index contributed by atoms with van der Waals surface area (Å²) in [6.45, 7) is 8.05. The summed E-state index contributed by atoms with van der Waals surface area (Å²) in [5.74, 6) is 1.85. The second-order valence-corrected chi connectivity index (χ2v) is 5.64. The van der Waals surface area contributed by atoms with E-state index >= 15 is 0 Å². The molecule has 2 N–H and O–H groups in total. The van der Waals surface area contributed by atoms with Crippen LogP contribution in [0.2, 0.25) is 0 Å². The van der Waals surface area contributed by atoms with Crippen LogP contribution in [0.3, 0.4) is 0 Å². The van der Waals surface area contributed by atoms with E-state index in [0.29, 0.717) is 19.2 Å². The molecule has 0 spiro atoms. The maximum Gasteiger partial charge on any atom is 0.119 e. The van der Waals surface area contributed by atoms with Gasteiger partial charge in [0.05, 0.1) is 6.61 Å². The highest BCUT2D eigenvalue weighted by atomic mass is 16.5. The smallest absolute Gasteiger partial charge is 0.119 e. The van der Waals surface area contributed by atoms with Crippen molar-refractivity contribution in [2.75, 3.05) is 26.2 Å². The lowest BCUT2D eigenvalue weighted by atomic mass is 9.92. The van der Waals surface area contributed by atoms with Crippen molar-refractivity contribution in [2.45, 2.75) is 39.2 Å². The van der Waals surface area contributed by atoms with Crippen LogP contribution >= 0.6 is 0 Å². The van der Waals surface area contributed by atoms with Crippen LogP contribution < -0.4 is 10.5 Å². The van der Waals surface area contributed by atoms with Crippen molar-refractivity contribution in [2.24, 2.45) is 11.7 Å². The minimum Gasteiger partial charge on any atom is -0.494 e. The van der Waals surface area contributed by atoms with Crippen molar-refractivity contribution in [1.82, 2.24) is 4.90 Å². The molecule has 20 heavy (non-hydrogen) atoms. The van der Waals surface area contributed by atoms with Crippen LogP contribution in [0, 0.1) is 5.92 Å². The van der Waals surface area contributed by atoms with E-state index in [4.69, 9.17) is 10.5 Å². The Morgan fingerprint density at radius 3 is 2.35 bits per heavy atom. The molecule has 1 aromatic rings. The van der Waals surface area contributed by atoms with Gasteiger partial charge in [-0.3, -0.25) is 4.90 Å². The Labute approximate surface area is 123 Å². The van der Waals surface area contributed by atoms with Crippen molar-refractivity contribution < 1.29 is 4.74 Å². The third kappa shape index (κ3) is 3.74. The maximum atomic E-state index is 6.03. The molecule has 1 fully saturated rings. The van der Waals surface area contributed by atoms with Crippen molar-refractivity contribution in [3.63, 3.8) is 0 Å². The fourth-order valence-corrected chi connectivity index (χ4v) is 3.12. The Kier molecular flexibility index (Phi) is 5.86. The Hall–Kier alpha value is -1.06. The van der Waals surface area contributed by atoms with Gasteiger partial charge < -0.3 is 10.5 Å². The van der Waals surface area contributed by atoms with E-state index in [1.54, 1.807) is 0 Å². The van der Waals surface area contributed by atoms with Crippen LogP contribution in [-0.2, 0) is 0 Å². The first kappa shape index (κ1) is 15.3. The molecule has 1 saturated heterocycles. The fraction of sp³-hybridized carbons (Fsp3) is 0.647. The maximum absolute atomic E-state index is 6.03. The van der Waals surface area contributed by atoms with Gasteiger partial charge in [0, 0.05) is 12.6 Å². The van der Waals surface area contributed by atoms with Gasteiger partial charge in [0.25, 0.3) is 0 Å². The number of hydrogen-bond donors (Lipinski definition) is 1. The molecule has 0 radical (unpaired) electrons. The summed E-state index contributed by atoms with van der Waals surface area (Å²) in [5.41, 5.74) is 7.34. The summed E-state index contributed by atoms with van der Waals surface area (Å²) in [5, 5.41) is 0. The number of hydrogen-bond acceptors (Lipinski definition) is 3. The van der Waals surface area contributed by atoms with Crippen LogP contribution in [0.1, 0.15) is 44.7 Å². The molecule has 1 atom stereocenters. The van der Waals surface area contributed by atoms with Gasteiger partial charge in [0.15, 0.2) is 0 Å². The molecule has 0 aliphatic carbocycles. The number of rotatable bonds is 6. The van der Waals surface area contributed by atoms with E-state index in [-0.39, 0.29) is 0 Å². The van der Waals surface area contributed by atoms with Crippen molar-refractivity contribution in [3.8, 4) is 5.75 Å². The summed E-state index contributed by atoms with van der Waals surface area (Å²) in [6, 6.07) is 8.78. The monoisotopic (exact) mass is 276 g/mol. The van der Waals surface area contributed by atoms with E-state index in [2.05, 4.69) is 36.1 Å². The molecule has 1 heterocycles. The standard InChI is InChI=1S/C17H28N2O/c1-3-14-9-11-19(12-10-14)17(13-18)15-5-7-16(8-6-15)20-4-2/h5-8,14,17H,3-4,9-13,18H2,1-2H3. The minimum atomic E-state index is 0.350. The molecular formula is C17H28N2O. The molecule has 1 aromatic carbocycles. The highest BCUT2D eigenvalue weighted by molar-refractivity contribution is 5.29. The first-order valence-electron chi connectivity index (χ1n) is 7.95. The lowest BCUT2D eigenvalue weighted by Crippen LogP contribution is -2.39. The molecule has 112 valence electrons. The number of ether oxygens (including phenoxy) is 1. The molecule has 0 aromatic heterocycles. The van der Waals surface area contributed by atoms with Gasteiger partial charge in [-0.05, 0) is 56.5 Å². The van der Waals surface area contributed by atoms with Crippen LogP contribution in [-0.4, -0.2) is 31.1 Å². The zero-order valence-electron chi connectivity index (χ0n) is 12.8. The Balaban J connectivity index is 2.00. The Morgan fingerprint density at radius 1 is 1.20 bits per heavy atom. The lowest BCUT2D eigenvalue weighted by Gasteiger charge is -2.37. The topological polar surface area (TPSA) is 38.5 Å². The molecule has 1 unspecified atom stereocenters. The Bertz CT molecular complexity index is 382. The molecule has 1 aliphatic rings. The summed E-state index contributed by atoms with van der Waals surface area (Å²) >= 11 is 0. The number of nitrogens with zero attached hydrogens (tertiary/aromatic N) is 1. The molecule has 2 rings (SSSR count). The lowest BCUT2D eigenvalue weighted by molar-refractivity contribution is 0.134. The molecule has 0 amide bonds. The van der Waals surface area contributed by atoms with E-state index in [0.717, 1.165) is 11.7 Å². The number of piperidine rings is 1. The van der Waals surface area contributed by atoms with Gasteiger partial charge in [0.2, 0.25) is 0 Å². The summed E-state index contributed by atoms with van der Waals surface area (Å²) < 4.78 is 5.50. The molecule has 3 nitrogen and oxygen atoms in total. The fourth-order valence-electron chi connectivity index (χ4n) is 3.12.